The van der Waals surface area contributed by atoms with Gasteiger partial charge in [0.1, 0.15) is 11.6 Å². The first-order chi connectivity index (χ1) is 12.3. The highest BCUT2D eigenvalue weighted by molar-refractivity contribution is 5.90. The Labute approximate surface area is 155 Å². The number of unbranched alkanes of at least 4 members (excludes halogenated alkanes) is 4. The molecule has 0 aliphatic heterocycles. The molecule has 0 radical (unpaired) electrons. The summed E-state index contributed by atoms with van der Waals surface area (Å²) in [5.41, 5.74) is 1.27. The maximum absolute atomic E-state index is 13.6. The summed E-state index contributed by atoms with van der Waals surface area (Å²) in [6.07, 6.45) is 6.00. The van der Waals surface area contributed by atoms with Crippen molar-refractivity contribution in [2.45, 2.75) is 71.6 Å². The molecular formula is C21H30FN3O. The molecule has 0 fully saturated rings. The highest BCUT2D eigenvalue weighted by Gasteiger charge is 2.21. The number of benzene rings is 1. The Morgan fingerprint density at radius 1 is 1.15 bits per heavy atom. The third kappa shape index (κ3) is 5.68. The van der Waals surface area contributed by atoms with Crippen molar-refractivity contribution in [3.05, 3.63) is 41.8 Å². The molecule has 0 saturated heterocycles. The maximum Gasteiger partial charge on any atom is 0.225 e. The van der Waals surface area contributed by atoms with Crippen molar-refractivity contribution in [1.82, 2.24) is 9.78 Å². The summed E-state index contributed by atoms with van der Waals surface area (Å²) < 4.78 is 15.2. The summed E-state index contributed by atoms with van der Waals surface area (Å²) in [5, 5.41) is 7.55. The highest BCUT2D eigenvalue weighted by Crippen LogP contribution is 2.26. The van der Waals surface area contributed by atoms with Gasteiger partial charge in [0, 0.05) is 17.9 Å². The lowest BCUT2D eigenvalue weighted by atomic mass is 9.92. The van der Waals surface area contributed by atoms with Crippen LogP contribution in [0.3, 0.4) is 0 Å². The van der Waals surface area contributed by atoms with Crippen LogP contribution in [-0.4, -0.2) is 15.7 Å². The quantitative estimate of drug-likeness (QED) is 0.623. The molecule has 0 aliphatic rings. The number of carbonyl (C=O) groups excluding carboxylic acids is 1. The van der Waals surface area contributed by atoms with Gasteiger partial charge in [-0.2, -0.15) is 5.10 Å². The van der Waals surface area contributed by atoms with E-state index in [1.54, 1.807) is 16.8 Å². The lowest BCUT2D eigenvalue weighted by molar-refractivity contribution is -0.116. The second-order valence-corrected chi connectivity index (χ2v) is 7.77. The van der Waals surface area contributed by atoms with E-state index in [1.165, 1.54) is 31.4 Å². The predicted molar refractivity (Wildman–Crippen MR) is 104 cm³/mol. The molecule has 1 aromatic heterocycles. The Morgan fingerprint density at radius 3 is 2.54 bits per heavy atom. The van der Waals surface area contributed by atoms with E-state index in [9.17, 15) is 9.18 Å². The lowest BCUT2D eigenvalue weighted by Crippen LogP contribution is -2.15. The van der Waals surface area contributed by atoms with Crippen molar-refractivity contribution in [1.29, 1.82) is 0 Å². The van der Waals surface area contributed by atoms with E-state index in [4.69, 9.17) is 0 Å². The smallest absolute Gasteiger partial charge is 0.225 e. The van der Waals surface area contributed by atoms with Crippen LogP contribution in [0.1, 0.15) is 71.9 Å². The van der Waals surface area contributed by atoms with E-state index < -0.39 is 0 Å². The Balaban J connectivity index is 2.15. The van der Waals surface area contributed by atoms with Gasteiger partial charge in [-0.25, -0.2) is 9.07 Å². The summed E-state index contributed by atoms with van der Waals surface area (Å²) in [7, 11) is 0. The second-order valence-electron chi connectivity index (χ2n) is 7.77. The van der Waals surface area contributed by atoms with Gasteiger partial charge in [0.15, 0.2) is 0 Å². The fraction of sp³-hybridized carbons (Fsp3) is 0.524. The zero-order chi connectivity index (χ0) is 19.2. The van der Waals surface area contributed by atoms with Gasteiger partial charge in [0.05, 0.1) is 11.4 Å². The number of hydrogen-bond acceptors (Lipinski definition) is 2. The topological polar surface area (TPSA) is 46.9 Å². The zero-order valence-corrected chi connectivity index (χ0v) is 16.3. The maximum atomic E-state index is 13.6. The fourth-order valence-electron chi connectivity index (χ4n) is 2.74. The van der Waals surface area contributed by atoms with E-state index >= 15 is 0 Å². The van der Waals surface area contributed by atoms with Crippen LogP contribution in [0.2, 0.25) is 0 Å². The van der Waals surface area contributed by atoms with Gasteiger partial charge in [-0.1, -0.05) is 59.4 Å². The van der Waals surface area contributed by atoms with Crippen LogP contribution in [0, 0.1) is 5.82 Å². The SMILES string of the molecule is CCCCCCCC(=O)Nc1cc(C(C)(C)C)nn1-c1cccc(F)c1. The van der Waals surface area contributed by atoms with Crippen LogP contribution in [0.25, 0.3) is 5.69 Å². The molecule has 4 nitrogen and oxygen atoms in total. The molecule has 1 N–H and O–H groups in total. The minimum absolute atomic E-state index is 0.0282. The molecule has 2 aromatic rings. The van der Waals surface area contributed by atoms with Crippen LogP contribution in [0.4, 0.5) is 10.2 Å². The molecule has 1 heterocycles. The monoisotopic (exact) mass is 359 g/mol. The van der Waals surface area contributed by atoms with Crippen LogP contribution >= 0.6 is 0 Å². The first-order valence-electron chi connectivity index (χ1n) is 9.47. The number of aromatic nitrogens is 2. The van der Waals surface area contributed by atoms with Gasteiger partial charge in [-0.3, -0.25) is 4.79 Å². The summed E-state index contributed by atoms with van der Waals surface area (Å²) in [4.78, 5) is 12.3. The van der Waals surface area contributed by atoms with Crippen molar-refractivity contribution in [2.24, 2.45) is 0 Å². The van der Waals surface area contributed by atoms with E-state index in [1.807, 2.05) is 6.07 Å². The molecule has 0 unspecified atom stereocenters. The molecule has 0 spiro atoms. The fourth-order valence-corrected chi connectivity index (χ4v) is 2.74. The van der Waals surface area contributed by atoms with Crippen LogP contribution in [0.5, 0.6) is 0 Å². The van der Waals surface area contributed by atoms with Crippen molar-refractivity contribution >= 4 is 11.7 Å². The molecule has 2 rings (SSSR count). The predicted octanol–water partition coefficient (Wildman–Crippen LogP) is 5.61. The largest absolute Gasteiger partial charge is 0.311 e. The minimum Gasteiger partial charge on any atom is -0.311 e. The summed E-state index contributed by atoms with van der Waals surface area (Å²) in [6, 6.07) is 8.11. The number of amides is 1. The average molecular weight is 359 g/mol. The van der Waals surface area contributed by atoms with E-state index in [-0.39, 0.29) is 17.1 Å². The van der Waals surface area contributed by atoms with Gasteiger partial charge >= 0.3 is 0 Å². The van der Waals surface area contributed by atoms with Crippen LogP contribution in [0.15, 0.2) is 30.3 Å². The Kier molecular flexibility index (Phi) is 6.95. The van der Waals surface area contributed by atoms with Gasteiger partial charge in [-0.15, -0.1) is 0 Å². The zero-order valence-electron chi connectivity index (χ0n) is 16.3. The van der Waals surface area contributed by atoms with Crippen LogP contribution < -0.4 is 5.32 Å². The van der Waals surface area contributed by atoms with Gasteiger partial charge in [-0.05, 0) is 24.6 Å². The second kappa shape index (κ2) is 8.97. The number of anilines is 1. The summed E-state index contributed by atoms with van der Waals surface area (Å²) in [6.45, 7) is 8.35. The third-order valence-corrected chi connectivity index (χ3v) is 4.31. The third-order valence-electron chi connectivity index (χ3n) is 4.31. The average Bonchev–Trinajstić information content (AvgIpc) is 2.99. The number of hydrogen-bond donors (Lipinski definition) is 1. The molecule has 0 atom stereocenters. The van der Waals surface area contributed by atoms with Gasteiger partial charge in [0.25, 0.3) is 0 Å². The van der Waals surface area contributed by atoms with Gasteiger partial charge < -0.3 is 5.32 Å². The molecule has 26 heavy (non-hydrogen) atoms. The number of nitrogens with one attached hydrogen (secondary N) is 1. The van der Waals surface area contributed by atoms with Crippen molar-refractivity contribution in [2.75, 3.05) is 5.32 Å². The van der Waals surface area contributed by atoms with Crippen molar-refractivity contribution in [3.8, 4) is 5.69 Å². The minimum atomic E-state index is -0.330. The lowest BCUT2D eigenvalue weighted by Gasteiger charge is -2.14. The molecule has 1 aromatic carbocycles. The molecule has 1 amide bonds. The van der Waals surface area contributed by atoms with E-state index in [0.717, 1.165) is 18.5 Å². The molecule has 142 valence electrons. The normalized spacial score (nSPS) is 11.6. The Hall–Kier alpha value is -2.17. The van der Waals surface area contributed by atoms with Crippen LogP contribution in [-0.2, 0) is 10.2 Å². The van der Waals surface area contributed by atoms with E-state index in [2.05, 4.69) is 38.1 Å². The molecule has 0 saturated carbocycles. The summed E-state index contributed by atoms with van der Waals surface area (Å²) in [5.74, 6) is 0.224. The summed E-state index contributed by atoms with van der Waals surface area (Å²) >= 11 is 0. The molecule has 5 heteroatoms. The van der Waals surface area contributed by atoms with Crippen molar-refractivity contribution < 1.29 is 9.18 Å². The molecule has 0 bridgehead atoms. The van der Waals surface area contributed by atoms with Gasteiger partial charge in [0.2, 0.25) is 5.91 Å². The first-order valence-corrected chi connectivity index (χ1v) is 9.47. The highest BCUT2D eigenvalue weighted by atomic mass is 19.1. The first kappa shape index (κ1) is 20.1. The standard InChI is InChI=1S/C21H30FN3O/c1-5-6-7-8-9-13-20(26)23-19-15-18(21(2,3)4)24-25(19)17-12-10-11-16(22)14-17/h10-12,14-15H,5-9,13H2,1-4H3,(H,23,26). The number of carbonyl (C=O) groups is 1. The number of nitrogens with zero attached hydrogens (tertiary/aromatic N) is 2. The molecule has 0 aliphatic carbocycles. The van der Waals surface area contributed by atoms with E-state index in [0.29, 0.717) is 17.9 Å². The Bertz CT molecular complexity index is 731. The number of halogens is 1. The molecular weight excluding hydrogens is 329 g/mol. The Morgan fingerprint density at radius 2 is 1.88 bits per heavy atom. The number of rotatable bonds is 8. The van der Waals surface area contributed by atoms with Crippen molar-refractivity contribution in [3.63, 3.8) is 0 Å².